The van der Waals surface area contributed by atoms with Gasteiger partial charge < -0.3 is 14.2 Å². The lowest BCUT2D eigenvalue weighted by Crippen LogP contribution is -2.28. The number of esters is 1. The first-order valence-electron chi connectivity index (χ1n) is 13.6. The zero-order valence-corrected chi connectivity index (χ0v) is 21.9. The molecule has 0 rings (SSSR count). The number of hydrogen-bond donors (Lipinski definition) is 0. The summed E-state index contributed by atoms with van der Waals surface area (Å²) in [6, 6.07) is 0. The number of carbonyl (C=O) groups excluding carboxylic acids is 1. The predicted molar refractivity (Wildman–Crippen MR) is 141 cm³/mol. The Morgan fingerprint density at radius 3 is 1.70 bits per heavy atom. The minimum Gasteiger partial charge on any atom is -0.454 e. The Morgan fingerprint density at radius 2 is 1.15 bits per heavy atom. The van der Waals surface area contributed by atoms with Crippen LogP contribution in [0.3, 0.4) is 0 Å². The average molecular weight is 465 g/mol. The fourth-order valence-corrected chi connectivity index (χ4v) is 3.40. The standard InChI is InChI=1S/C29H52O4/c1-4-7-8-9-10-11-12-13-14-15-16-17-18-19-20-21-22-23-29(30)33-28(26-31-24-5-2)27-32-25-6-3/h18-23,28H,4-17,24-27H2,1-3H3/b19-18+,21-20+,23-22+. The van der Waals surface area contributed by atoms with Gasteiger partial charge in [-0.15, -0.1) is 0 Å². The molecule has 4 heteroatoms. The van der Waals surface area contributed by atoms with Crippen molar-refractivity contribution in [1.82, 2.24) is 0 Å². The van der Waals surface area contributed by atoms with Crippen molar-refractivity contribution in [2.24, 2.45) is 0 Å². The normalized spacial score (nSPS) is 12.1. The van der Waals surface area contributed by atoms with Gasteiger partial charge in [0.15, 0.2) is 0 Å². The van der Waals surface area contributed by atoms with Gasteiger partial charge in [0, 0.05) is 19.3 Å². The van der Waals surface area contributed by atoms with Crippen molar-refractivity contribution >= 4 is 5.97 Å². The van der Waals surface area contributed by atoms with E-state index in [1.54, 1.807) is 6.08 Å². The third-order valence-corrected chi connectivity index (χ3v) is 5.26. The van der Waals surface area contributed by atoms with E-state index in [0.717, 1.165) is 19.3 Å². The predicted octanol–water partition coefficient (Wildman–Crippen LogP) is 8.12. The van der Waals surface area contributed by atoms with E-state index < -0.39 is 0 Å². The number of unbranched alkanes of at least 4 members (excludes halogenated alkanes) is 11. The van der Waals surface area contributed by atoms with E-state index in [-0.39, 0.29) is 12.1 Å². The highest BCUT2D eigenvalue weighted by Gasteiger charge is 2.13. The second kappa shape index (κ2) is 26.9. The summed E-state index contributed by atoms with van der Waals surface area (Å²) in [5.41, 5.74) is 0. The molecule has 0 bridgehead atoms. The van der Waals surface area contributed by atoms with E-state index in [1.165, 1.54) is 76.7 Å². The first kappa shape index (κ1) is 31.6. The zero-order chi connectivity index (χ0) is 24.2. The second-order valence-electron chi connectivity index (χ2n) is 8.71. The summed E-state index contributed by atoms with van der Waals surface area (Å²) in [6.45, 7) is 8.43. The van der Waals surface area contributed by atoms with Gasteiger partial charge in [-0.05, 0) is 25.7 Å². The van der Waals surface area contributed by atoms with Crippen LogP contribution in [0.4, 0.5) is 0 Å². The summed E-state index contributed by atoms with van der Waals surface area (Å²) < 4.78 is 16.5. The average Bonchev–Trinajstić information content (AvgIpc) is 2.81. The lowest BCUT2D eigenvalue weighted by Gasteiger charge is -2.17. The zero-order valence-electron chi connectivity index (χ0n) is 21.9. The van der Waals surface area contributed by atoms with Crippen molar-refractivity contribution in [3.05, 3.63) is 36.5 Å². The summed E-state index contributed by atoms with van der Waals surface area (Å²) in [7, 11) is 0. The Labute approximate surface area is 204 Å². The van der Waals surface area contributed by atoms with Crippen LogP contribution in [0.1, 0.15) is 111 Å². The molecule has 0 atom stereocenters. The van der Waals surface area contributed by atoms with E-state index in [0.29, 0.717) is 26.4 Å². The third-order valence-electron chi connectivity index (χ3n) is 5.26. The third kappa shape index (κ3) is 25.1. The van der Waals surface area contributed by atoms with Crippen molar-refractivity contribution in [2.75, 3.05) is 26.4 Å². The number of ether oxygens (including phenoxy) is 3. The van der Waals surface area contributed by atoms with Gasteiger partial charge in [0.1, 0.15) is 6.10 Å². The first-order valence-corrected chi connectivity index (χ1v) is 13.6. The monoisotopic (exact) mass is 464 g/mol. The number of carbonyl (C=O) groups is 1. The number of hydrogen-bond acceptors (Lipinski definition) is 4. The van der Waals surface area contributed by atoms with Gasteiger partial charge in [0.25, 0.3) is 0 Å². The van der Waals surface area contributed by atoms with Crippen LogP contribution in [0, 0.1) is 0 Å². The van der Waals surface area contributed by atoms with Crippen LogP contribution >= 0.6 is 0 Å². The molecule has 0 amide bonds. The lowest BCUT2D eigenvalue weighted by atomic mass is 10.1. The molecule has 0 aliphatic rings. The topological polar surface area (TPSA) is 44.8 Å². The SMILES string of the molecule is CCCCCCCCCCCCC/C=C/C=C/C=C/C(=O)OC(COCCC)COCCC. The van der Waals surface area contributed by atoms with Crippen molar-refractivity contribution in [3.8, 4) is 0 Å². The Hall–Kier alpha value is -1.39. The van der Waals surface area contributed by atoms with Gasteiger partial charge in [-0.2, -0.15) is 0 Å². The molecule has 0 aromatic rings. The van der Waals surface area contributed by atoms with Gasteiger partial charge >= 0.3 is 5.97 Å². The largest absolute Gasteiger partial charge is 0.454 e. The quantitative estimate of drug-likeness (QED) is 0.0626. The summed E-state index contributed by atoms with van der Waals surface area (Å²) >= 11 is 0. The summed E-state index contributed by atoms with van der Waals surface area (Å²) in [5, 5.41) is 0. The van der Waals surface area contributed by atoms with Crippen LogP contribution in [-0.4, -0.2) is 38.5 Å². The van der Waals surface area contributed by atoms with Gasteiger partial charge in [-0.3, -0.25) is 0 Å². The molecule has 0 aromatic heterocycles. The van der Waals surface area contributed by atoms with Gasteiger partial charge in [0.05, 0.1) is 13.2 Å². The van der Waals surface area contributed by atoms with Gasteiger partial charge in [-0.25, -0.2) is 4.79 Å². The fourth-order valence-electron chi connectivity index (χ4n) is 3.40. The molecule has 192 valence electrons. The summed E-state index contributed by atoms with van der Waals surface area (Å²) in [4.78, 5) is 12.0. The Bertz CT molecular complexity index is 486. The van der Waals surface area contributed by atoms with E-state index >= 15 is 0 Å². The highest BCUT2D eigenvalue weighted by molar-refractivity contribution is 5.82. The molecule has 33 heavy (non-hydrogen) atoms. The molecule has 0 spiro atoms. The molecular weight excluding hydrogens is 412 g/mol. The van der Waals surface area contributed by atoms with Crippen LogP contribution in [-0.2, 0) is 19.0 Å². The molecule has 0 aliphatic carbocycles. The molecule has 0 heterocycles. The van der Waals surface area contributed by atoms with E-state index in [4.69, 9.17) is 14.2 Å². The molecular formula is C29H52O4. The fraction of sp³-hybridized carbons (Fsp3) is 0.759. The van der Waals surface area contributed by atoms with Crippen LogP contribution in [0.15, 0.2) is 36.5 Å². The van der Waals surface area contributed by atoms with Crippen LogP contribution in [0.2, 0.25) is 0 Å². The van der Waals surface area contributed by atoms with E-state index in [2.05, 4.69) is 26.8 Å². The molecule has 0 radical (unpaired) electrons. The first-order chi connectivity index (χ1) is 16.2. The highest BCUT2D eigenvalue weighted by Crippen LogP contribution is 2.12. The maximum Gasteiger partial charge on any atom is 0.331 e. The molecule has 4 nitrogen and oxygen atoms in total. The summed E-state index contributed by atoms with van der Waals surface area (Å²) in [6.07, 6.45) is 29.0. The van der Waals surface area contributed by atoms with Crippen molar-refractivity contribution < 1.29 is 19.0 Å². The molecule has 0 N–H and O–H groups in total. The number of allylic oxidation sites excluding steroid dienone is 5. The van der Waals surface area contributed by atoms with E-state index in [1.807, 2.05) is 18.2 Å². The lowest BCUT2D eigenvalue weighted by molar-refractivity contribution is -0.150. The highest BCUT2D eigenvalue weighted by atomic mass is 16.6. The Morgan fingerprint density at radius 1 is 0.636 bits per heavy atom. The Kier molecular flexibility index (Phi) is 25.7. The molecule has 0 saturated heterocycles. The van der Waals surface area contributed by atoms with Crippen molar-refractivity contribution in [3.63, 3.8) is 0 Å². The maximum absolute atomic E-state index is 12.0. The summed E-state index contributed by atoms with van der Waals surface area (Å²) in [5.74, 6) is -0.366. The van der Waals surface area contributed by atoms with Crippen LogP contribution in [0.25, 0.3) is 0 Å². The molecule has 0 unspecified atom stereocenters. The smallest absolute Gasteiger partial charge is 0.331 e. The minimum atomic E-state index is -0.366. The minimum absolute atomic E-state index is 0.366. The maximum atomic E-state index is 12.0. The van der Waals surface area contributed by atoms with Crippen LogP contribution < -0.4 is 0 Å². The molecule has 0 aliphatic heterocycles. The molecule has 0 saturated carbocycles. The second-order valence-corrected chi connectivity index (χ2v) is 8.71. The number of rotatable bonds is 24. The van der Waals surface area contributed by atoms with Crippen LogP contribution in [0.5, 0.6) is 0 Å². The van der Waals surface area contributed by atoms with Crippen molar-refractivity contribution in [1.29, 1.82) is 0 Å². The Balaban J connectivity index is 3.79. The van der Waals surface area contributed by atoms with Crippen molar-refractivity contribution in [2.45, 2.75) is 117 Å². The van der Waals surface area contributed by atoms with Gasteiger partial charge in [0.2, 0.25) is 0 Å². The van der Waals surface area contributed by atoms with Gasteiger partial charge in [-0.1, -0.05) is 115 Å². The van der Waals surface area contributed by atoms with E-state index in [9.17, 15) is 4.79 Å². The molecule has 0 fully saturated rings. The molecule has 0 aromatic carbocycles.